The van der Waals surface area contributed by atoms with E-state index in [2.05, 4.69) is 20.7 Å². The van der Waals surface area contributed by atoms with Crippen LogP contribution in [0.5, 0.6) is 0 Å². The summed E-state index contributed by atoms with van der Waals surface area (Å²) in [5, 5.41) is 7.86. The second kappa shape index (κ2) is 8.19. The topological polar surface area (TPSA) is 116 Å². The van der Waals surface area contributed by atoms with E-state index in [0.717, 1.165) is 0 Å². The van der Waals surface area contributed by atoms with Crippen LogP contribution in [0.25, 0.3) is 10.4 Å². The number of rotatable bonds is 5. The molecule has 18 heavy (non-hydrogen) atoms. The lowest BCUT2D eigenvalue weighted by atomic mass is 10.2. The summed E-state index contributed by atoms with van der Waals surface area (Å²) in [4.78, 5) is 24.3. The summed E-state index contributed by atoms with van der Waals surface area (Å²) in [6.45, 7) is 6.23. The molecule has 0 aromatic rings. The van der Waals surface area contributed by atoms with Crippen molar-refractivity contribution in [2.24, 2.45) is 5.11 Å². The minimum atomic E-state index is -0.697. The minimum absolute atomic E-state index is 0.397. The molecule has 0 aliphatic carbocycles. The lowest BCUT2D eigenvalue weighted by molar-refractivity contribution is 0.0527. The highest BCUT2D eigenvalue weighted by Gasteiger charge is 2.15. The van der Waals surface area contributed by atoms with E-state index >= 15 is 0 Å². The Hall–Kier alpha value is -1.95. The number of carbonyl (C=O) groups excluding carboxylic acids is 2. The van der Waals surface area contributed by atoms with Crippen LogP contribution in [0.1, 0.15) is 33.6 Å². The molecule has 0 saturated heterocycles. The molecule has 0 heterocycles. The molecule has 0 radical (unpaired) electrons. The van der Waals surface area contributed by atoms with Crippen LogP contribution in [0.4, 0.5) is 9.59 Å². The van der Waals surface area contributed by atoms with Crippen LogP contribution < -0.4 is 10.6 Å². The van der Waals surface area contributed by atoms with Crippen molar-refractivity contribution >= 4 is 12.1 Å². The zero-order chi connectivity index (χ0) is 14.0. The average molecular weight is 257 g/mol. The summed E-state index contributed by atoms with van der Waals surface area (Å²) < 4.78 is 5.04. The van der Waals surface area contributed by atoms with Gasteiger partial charge in [0.15, 0.2) is 0 Å². The molecule has 0 fully saturated rings. The van der Waals surface area contributed by atoms with Crippen LogP contribution in [0, 0.1) is 0 Å². The third-order valence-corrected chi connectivity index (χ3v) is 1.68. The lowest BCUT2D eigenvalue weighted by Crippen LogP contribution is -2.33. The van der Waals surface area contributed by atoms with E-state index in [9.17, 15) is 9.59 Å². The van der Waals surface area contributed by atoms with Gasteiger partial charge in [0.25, 0.3) is 0 Å². The summed E-state index contributed by atoms with van der Waals surface area (Å²) in [6.07, 6.45) is 0.902. The fourth-order valence-corrected chi connectivity index (χ4v) is 1.03. The molecule has 0 aromatic carbocycles. The fraction of sp³-hybridized carbons (Fsp3) is 0.800. The van der Waals surface area contributed by atoms with Gasteiger partial charge in [0.05, 0.1) is 0 Å². The number of alkyl carbamates (subject to hydrolysis) is 1. The molecular weight excluding hydrogens is 238 g/mol. The predicted octanol–water partition coefficient (Wildman–Crippen LogP) is 2.31. The van der Waals surface area contributed by atoms with Crippen molar-refractivity contribution in [2.75, 3.05) is 13.1 Å². The summed E-state index contributed by atoms with van der Waals surface area (Å²) in [5.74, 6) is 0. The number of ether oxygens (including phenoxy) is 1. The highest BCUT2D eigenvalue weighted by Crippen LogP contribution is 2.06. The molecule has 0 spiro atoms. The first kappa shape index (κ1) is 16.1. The first-order valence-corrected chi connectivity index (χ1v) is 5.65. The SMILES string of the molecule is CC(C)(C)OC(=O)NCCCCNC(=O)N=[N+]=[N-]. The van der Waals surface area contributed by atoms with Crippen molar-refractivity contribution in [2.45, 2.75) is 39.2 Å². The molecule has 3 amide bonds. The van der Waals surface area contributed by atoms with Gasteiger partial charge in [-0.1, -0.05) is 0 Å². The van der Waals surface area contributed by atoms with Crippen LogP contribution in [-0.4, -0.2) is 30.8 Å². The number of amides is 3. The van der Waals surface area contributed by atoms with E-state index in [4.69, 9.17) is 10.3 Å². The second-order valence-electron chi connectivity index (χ2n) is 4.56. The van der Waals surface area contributed by atoms with Crippen molar-refractivity contribution in [1.29, 1.82) is 0 Å². The van der Waals surface area contributed by atoms with Crippen LogP contribution >= 0.6 is 0 Å². The van der Waals surface area contributed by atoms with Crippen molar-refractivity contribution in [1.82, 2.24) is 10.6 Å². The molecule has 102 valence electrons. The maximum Gasteiger partial charge on any atom is 0.407 e. The van der Waals surface area contributed by atoms with Crippen LogP contribution in [0.15, 0.2) is 5.11 Å². The molecule has 0 unspecified atom stereocenters. The molecule has 2 N–H and O–H groups in total. The summed E-state index contributed by atoms with van der Waals surface area (Å²) in [5.41, 5.74) is 7.46. The van der Waals surface area contributed by atoms with E-state index in [0.29, 0.717) is 25.9 Å². The van der Waals surface area contributed by atoms with E-state index in [1.54, 1.807) is 20.8 Å². The van der Waals surface area contributed by atoms with Gasteiger partial charge in [0, 0.05) is 23.1 Å². The zero-order valence-electron chi connectivity index (χ0n) is 10.9. The van der Waals surface area contributed by atoms with Gasteiger partial charge in [-0.05, 0) is 39.1 Å². The largest absolute Gasteiger partial charge is 0.444 e. The number of azide groups is 1. The Morgan fingerprint density at radius 1 is 1.22 bits per heavy atom. The maximum absolute atomic E-state index is 11.2. The first-order chi connectivity index (χ1) is 8.35. The van der Waals surface area contributed by atoms with Crippen molar-refractivity contribution in [3.05, 3.63) is 10.4 Å². The summed E-state index contributed by atoms with van der Waals surface area (Å²) >= 11 is 0. The minimum Gasteiger partial charge on any atom is -0.444 e. The zero-order valence-corrected chi connectivity index (χ0v) is 10.9. The van der Waals surface area contributed by atoms with Gasteiger partial charge in [0.2, 0.25) is 0 Å². The van der Waals surface area contributed by atoms with Crippen LogP contribution in [-0.2, 0) is 4.74 Å². The Balaban J connectivity index is 3.49. The van der Waals surface area contributed by atoms with Gasteiger partial charge >= 0.3 is 12.1 Å². The molecule has 0 aliphatic rings. The van der Waals surface area contributed by atoms with Gasteiger partial charge in [-0.3, -0.25) is 4.79 Å². The Labute approximate surface area is 106 Å². The highest BCUT2D eigenvalue weighted by molar-refractivity contribution is 5.74. The Kier molecular flexibility index (Phi) is 7.30. The molecule has 0 aliphatic heterocycles. The smallest absolute Gasteiger partial charge is 0.407 e. The van der Waals surface area contributed by atoms with Gasteiger partial charge < -0.3 is 15.4 Å². The molecule has 0 bridgehead atoms. The van der Waals surface area contributed by atoms with E-state index in [1.807, 2.05) is 0 Å². The normalized spacial score (nSPS) is 10.2. The Bertz CT molecular complexity index is 331. The number of unbranched alkanes of at least 4 members (excludes halogenated alkanes) is 1. The Morgan fingerprint density at radius 2 is 1.78 bits per heavy atom. The molecular formula is C10H19N5O3. The standard InChI is InChI=1S/C10H19N5O3/c1-10(2,3)18-9(17)13-7-5-4-6-12-8(16)14-15-11/h4-7H2,1-3H3,(H,12,16)(H,13,17). The number of hydrogen-bond donors (Lipinski definition) is 2. The monoisotopic (exact) mass is 257 g/mol. The maximum atomic E-state index is 11.2. The van der Waals surface area contributed by atoms with Crippen LogP contribution in [0.2, 0.25) is 0 Å². The van der Waals surface area contributed by atoms with E-state index in [1.165, 1.54) is 0 Å². The third-order valence-electron chi connectivity index (χ3n) is 1.68. The number of urea groups is 1. The summed E-state index contributed by atoms with van der Waals surface area (Å²) in [7, 11) is 0. The van der Waals surface area contributed by atoms with Crippen molar-refractivity contribution in [3.63, 3.8) is 0 Å². The molecule has 0 saturated carbocycles. The van der Waals surface area contributed by atoms with Gasteiger partial charge in [-0.2, -0.15) is 0 Å². The molecule has 8 heteroatoms. The summed E-state index contributed by atoms with van der Waals surface area (Å²) in [6, 6.07) is -0.697. The second-order valence-corrected chi connectivity index (χ2v) is 4.56. The Morgan fingerprint density at radius 3 is 2.28 bits per heavy atom. The molecule has 0 aromatic heterocycles. The molecule has 0 atom stereocenters. The van der Waals surface area contributed by atoms with Gasteiger partial charge in [-0.15, -0.1) is 0 Å². The van der Waals surface area contributed by atoms with E-state index < -0.39 is 17.7 Å². The van der Waals surface area contributed by atoms with Crippen molar-refractivity contribution < 1.29 is 14.3 Å². The number of nitrogens with zero attached hydrogens (tertiary/aromatic N) is 3. The lowest BCUT2D eigenvalue weighted by Gasteiger charge is -2.19. The number of nitrogens with one attached hydrogen (secondary N) is 2. The first-order valence-electron chi connectivity index (χ1n) is 5.65. The fourth-order valence-electron chi connectivity index (χ4n) is 1.03. The number of carbonyl (C=O) groups is 2. The van der Waals surface area contributed by atoms with Gasteiger partial charge in [-0.25, -0.2) is 4.79 Å². The van der Waals surface area contributed by atoms with Crippen LogP contribution in [0.3, 0.4) is 0 Å². The molecule has 0 rings (SSSR count). The average Bonchev–Trinajstić information content (AvgIpc) is 2.21. The predicted molar refractivity (Wildman–Crippen MR) is 66.0 cm³/mol. The quantitative estimate of drug-likeness (QED) is 0.340. The molecule has 8 nitrogen and oxygen atoms in total. The van der Waals surface area contributed by atoms with Crippen molar-refractivity contribution in [3.8, 4) is 0 Å². The third kappa shape index (κ3) is 10.6. The highest BCUT2D eigenvalue weighted by atomic mass is 16.6. The van der Waals surface area contributed by atoms with Gasteiger partial charge in [0.1, 0.15) is 5.60 Å². The number of hydrogen-bond acceptors (Lipinski definition) is 3. The van der Waals surface area contributed by atoms with E-state index in [-0.39, 0.29) is 0 Å².